The zero-order chi connectivity index (χ0) is 23.5. The van der Waals surface area contributed by atoms with Crippen LogP contribution in [0.25, 0.3) is 0 Å². The Balaban J connectivity index is 0.00000408. The van der Waals surface area contributed by atoms with Crippen molar-refractivity contribution in [2.75, 3.05) is 0 Å². The van der Waals surface area contributed by atoms with Gasteiger partial charge in [0.2, 0.25) is 23.0 Å². The van der Waals surface area contributed by atoms with Crippen LogP contribution in [0.4, 0.5) is 0 Å². The highest BCUT2D eigenvalue weighted by molar-refractivity contribution is 6.26. The largest absolute Gasteiger partial charge is 1.00 e. The fourth-order valence-electron chi connectivity index (χ4n) is 4.80. The fraction of sp³-hybridized carbons (Fsp3) is 0.643. The maximum atomic E-state index is 13.3. The second-order valence-electron chi connectivity index (χ2n) is 9.48. The Morgan fingerprint density at radius 1 is 0.706 bits per heavy atom. The van der Waals surface area contributed by atoms with Crippen molar-refractivity contribution in [2.24, 2.45) is 0 Å². The lowest BCUT2D eigenvalue weighted by molar-refractivity contribution is -0.757. The van der Waals surface area contributed by atoms with E-state index >= 15 is 0 Å². The van der Waals surface area contributed by atoms with Gasteiger partial charge in [-0.15, -0.1) is 9.36 Å². The lowest BCUT2D eigenvalue weighted by Crippen LogP contribution is -3.00. The van der Waals surface area contributed by atoms with Gasteiger partial charge in [-0.25, -0.2) is 0 Å². The van der Waals surface area contributed by atoms with Crippen LogP contribution in [0.5, 0.6) is 0 Å². The standard InChI is InChI=1S/C28H42N3O2.ClH/c1-3-5-7-9-10-11-12-13-14-18-22-31-26-25(30(29-31)21-17-8-6-4-2)27(32)23-19-15-16-20-24(23)28(26)33;/h15-16,19-20H,3-14,17-18,21-22H2,1-2H3;1H/q+1;/p-1. The van der Waals surface area contributed by atoms with Crippen LogP contribution in [0.3, 0.4) is 0 Å². The van der Waals surface area contributed by atoms with E-state index in [-0.39, 0.29) is 24.0 Å². The van der Waals surface area contributed by atoms with Gasteiger partial charge < -0.3 is 12.4 Å². The molecular weight excluding hydrogens is 446 g/mol. The van der Waals surface area contributed by atoms with E-state index in [1.807, 2.05) is 16.8 Å². The Hall–Kier alpha value is -2.01. The fourth-order valence-corrected chi connectivity index (χ4v) is 4.80. The zero-order valence-electron chi connectivity index (χ0n) is 21.2. The molecule has 1 aromatic heterocycles. The summed E-state index contributed by atoms with van der Waals surface area (Å²) in [5.74, 6) is -0.128. The molecule has 0 spiro atoms. The van der Waals surface area contributed by atoms with Crippen molar-refractivity contribution in [2.45, 2.75) is 117 Å². The van der Waals surface area contributed by atoms with E-state index in [2.05, 4.69) is 13.8 Å². The number of rotatable bonds is 16. The summed E-state index contributed by atoms with van der Waals surface area (Å²) < 4.78 is 3.62. The van der Waals surface area contributed by atoms with Crippen LogP contribution in [0.2, 0.25) is 0 Å². The van der Waals surface area contributed by atoms with Crippen molar-refractivity contribution in [3.8, 4) is 0 Å². The summed E-state index contributed by atoms with van der Waals surface area (Å²) >= 11 is 0. The number of halogens is 1. The third-order valence-corrected chi connectivity index (χ3v) is 6.75. The second-order valence-corrected chi connectivity index (χ2v) is 9.48. The first kappa shape index (κ1) is 28.2. The predicted octanol–water partition coefficient (Wildman–Crippen LogP) is 3.45. The average Bonchev–Trinajstić information content (AvgIpc) is 3.20. The first-order valence-electron chi connectivity index (χ1n) is 13.4. The van der Waals surface area contributed by atoms with Crippen LogP contribution in [-0.4, -0.2) is 21.5 Å². The summed E-state index contributed by atoms with van der Waals surface area (Å²) in [5, 5.41) is 4.74. The smallest absolute Gasteiger partial charge is 0.249 e. The Bertz CT molecular complexity index is 922. The molecule has 188 valence electrons. The molecular formula is C28H42ClN3O2. The molecule has 3 rings (SSSR count). The maximum absolute atomic E-state index is 13.3. The SMILES string of the molecule is CCCCCCCCCCCC[n+]1nn(CCCCCC)c2c1C(=O)c1ccccc1C2=O.[Cl-]. The van der Waals surface area contributed by atoms with Gasteiger partial charge in [0.05, 0.1) is 5.21 Å². The Kier molecular flexibility index (Phi) is 12.5. The highest BCUT2D eigenvalue weighted by Gasteiger charge is 2.42. The number of aromatic nitrogens is 3. The number of benzene rings is 1. The molecule has 2 aromatic rings. The molecule has 6 heteroatoms. The van der Waals surface area contributed by atoms with Gasteiger partial charge in [-0.2, -0.15) is 0 Å². The molecule has 0 aliphatic heterocycles. The Morgan fingerprint density at radius 2 is 1.21 bits per heavy atom. The molecule has 0 N–H and O–H groups in total. The Labute approximate surface area is 211 Å². The first-order valence-corrected chi connectivity index (χ1v) is 13.4. The highest BCUT2D eigenvalue weighted by atomic mass is 35.5. The molecule has 34 heavy (non-hydrogen) atoms. The van der Waals surface area contributed by atoms with Crippen LogP contribution < -0.4 is 17.1 Å². The zero-order valence-corrected chi connectivity index (χ0v) is 21.9. The van der Waals surface area contributed by atoms with Crippen molar-refractivity contribution in [1.29, 1.82) is 0 Å². The lowest BCUT2D eigenvalue weighted by atomic mass is 9.90. The van der Waals surface area contributed by atoms with Crippen molar-refractivity contribution in [3.63, 3.8) is 0 Å². The van der Waals surface area contributed by atoms with Gasteiger partial charge in [0.25, 0.3) is 0 Å². The number of carbonyl (C=O) groups excluding carboxylic acids is 2. The van der Waals surface area contributed by atoms with E-state index in [1.165, 1.54) is 64.2 Å². The van der Waals surface area contributed by atoms with E-state index in [9.17, 15) is 9.59 Å². The van der Waals surface area contributed by atoms with Crippen molar-refractivity contribution >= 4 is 11.6 Å². The third kappa shape index (κ3) is 7.24. The molecule has 0 bridgehead atoms. The molecule has 0 amide bonds. The minimum atomic E-state index is -0.0648. The van der Waals surface area contributed by atoms with Crippen LogP contribution in [0, 0.1) is 0 Å². The Morgan fingerprint density at radius 3 is 1.79 bits per heavy atom. The number of fused-ring (bicyclic) bond motifs is 2. The van der Waals surface area contributed by atoms with Crippen LogP contribution in [0.1, 0.15) is 136 Å². The van der Waals surface area contributed by atoms with E-state index in [1.54, 1.807) is 16.8 Å². The van der Waals surface area contributed by atoms with Gasteiger partial charge in [0.15, 0.2) is 0 Å². The number of unbranched alkanes of at least 4 members (excludes halogenated alkanes) is 12. The maximum Gasteiger partial charge on any atom is 0.249 e. The van der Waals surface area contributed by atoms with Crippen molar-refractivity contribution in [1.82, 2.24) is 9.90 Å². The first-order chi connectivity index (χ1) is 16.2. The average molecular weight is 488 g/mol. The summed E-state index contributed by atoms with van der Waals surface area (Å²) in [5.41, 5.74) is 2.00. The molecule has 1 aliphatic carbocycles. The van der Waals surface area contributed by atoms with E-state index in [4.69, 9.17) is 5.21 Å². The number of hydrogen-bond acceptors (Lipinski definition) is 3. The normalized spacial score (nSPS) is 12.4. The molecule has 0 unspecified atom stereocenters. The van der Waals surface area contributed by atoms with Gasteiger partial charge in [0.1, 0.15) is 13.1 Å². The van der Waals surface area contributed by atoms with Crippen LogP contribution in [-0.2, 0) is 13.1 Å². The number of nitrogens with zero attached hydrogens (tertiary/aromatic N) is 3. The summed E-state index contributed by atoms with van der Waals surface area (Å²) in [6.45, 7) is 5.83. The molecule has 0 fully saturated rings. The number of hydrogen-bond donors (Lipinski definition) is 0. The van der Waals surface area contributed by atoms with E-state index in [0.29, 0.717) is 35.6 Å². The van der Waals surface area contributed by atoms with E-state index in [0.717, 1.165) is 25.7 Å². The number of carbonyl (C=O) groups is 2. The third-order valence-electron chi connectivity index (χ3n) is 6.75. The summed E-state index contributed by atoms with van der Waals surface area (Å²) in [4.78, 5) is 26.6. The van der Waals surface area contributed by atoms with Gasteiger partial charge in [-0.1, -0.05) is 102 Å². The molecule has 0 radical (unpaired) electrons. The van der Waals surface area contributed by atoms with E-state index < -0.39 is 0 Å². The highest BCUT2D eigenvalue weighted by Crippen LogP contribution is 2.25. The predicted molar refractivity (Wildman–Crippen MR) is 132 cm³/mol. The molecule has 1 aliphatic rings. The van der Waals surface area contributed by atoms with Gasteiger partial charge in [-0.3, -0.25) is 9.59 Å². The quantitative estimate of drug-likeness (QED) is 0.230. The topological polar surface area (TPSA) is 55.8 Å². The van der Waals surface area contributed by atoms with Crippen molar-refractivity contribution in [3.05, 3.63) is 46.8 Å². The van der Waals surface area contributed by atoms with Crippen molar-refractivity contribution < 1.29 is 26.7 Å². The number of aryl methyl sites for hydroxylation is 2. The molecule has 0 saturated heterocycles. The lowest BCUT2D eigenvalue weighted by Gasteiger charge is -2.11. The number of ketones is 2. The van der Waals surface area contributed by atoms with Crippen LogP contribution >= 0.6 is 0 Å². The van der Waals surface area contributed by atoms with Crippen LogP contribution in [0.15, 0.2) is 24.3 Å². The molecule has 1 heterocycles. The van der Waals surface area contributed by atoms with Gasteiger partial charge in [0, 0.05) is 11.1 Å². The molecule has 0 saturated carbocycles. The summed E-state index contributed by atoms with van der Waals surface area (Å²) in [7, 11) is 0. The minimum absolute atomic E-state index is 0. The van der Waals surface area contributed by atoms with Gasteiger partial charge >= 0.3 is 0 Å². The second kappa shape index (κ2) is 15.1. The molecule has 5 nitrogen and oxygen atoms in total. The van der Waals surface area contributed by atoms with Gasteiger partial charge in [-0.05, 0) is 25.7 Å². The summed E-state index contributed by atoms with van der Waals surface area (Å²) in [6, 6.07) is 7.19. The summed E-state index contributed by atoms with van der Waals surface area (Å²) in [6.07, 6.45) is 17.1. The molecule has 0 atom stereocenters. The minimum Gasteiger partial charge on any atom is -1.00 e. The molecule has 1 aromatic carbocycles. The monoisotopic (exact) mass is 487 g/mol.